The van der Waals surface area contributed by atoms with Crippen molar-refractivity contribution in [1.29, 1.82) is 0 Å². The first-order valence-electron chi connectivity index (χ1n) is 9.62. The van der Waals surface area contributed by atoms with Gasteiger partial charge in [0.15, 0.2) is 0 Å². The van der Waals surface area contributed by atoms with Crippen LogP contribution in [0.1, 0.15) is 37.3 Å². The molecule has 0 saturated carbocycles. The van der Waals surface area contributed by atoms with Gasteiger partial charge in [-0.15, -0.1) is 0 Å². The van der Waals surface area contributed by atoms with E-state index in [2.05, 4.69) is 31.2 Å². The largest absolute Gasteiger partial charge is 0.396 e. The molecule has 4 heteroatoms. The van der Waals surface area contributed by atoms with Gasteiger partial charge in [-0.05, 0) is 24.0 Å². The molecule has 2 aromatic carbocycles. The average molecular weight is 370 g/mol. The van der Waals surface area contributed by atoms with Crippen LogP contribution in [0.2, 0.25) is 0 Å². The highest BCUT2D eigenvalue weighted by Gasteiger charge is 2.30. The molecule has 2 N–H and O–H groups in total. The van der Waals surface area contributed by atoms with Crippen molar-refractivity contribution in [3.05, 3.63) is 83.9 Å². The quantitative estimate of drug-likeness (QED) is 0.437. The molecule has 146 valence electrons. The molecule has 0 radical (unpaired) electrons. The second-order valence-corrected chi connectivity index (χ2v) is 6.75. The molecule has 0 unspecified atom stereocenters. The van der Waals surface area contributed by atoms with Gasteiger partial charge in [-0.25, -0.2) is 0 Å². The maximum Gasteiger partial charge on any atom is 0.131 e. The van der Waals surface area contributed by atoms with Crippen molar-refractivity contribution >= 4 is 0 Å². The second-order valence-electron chi connectivity index (χ2n) is 6.75. The molecule has 0 amide bonds. The highest BCUT2D eigenvalue weighted by Crippen LogP contribution is 2.24. The highest BCUT2D eigenvalue weighted by atomic mass is 16.7. The Kier molecular flexibility index (Phi) is 9.22. The van der Waals surface area contributed by atoms with Crippen LogP contribution in [0.4, 0.5) is 0 Å². The molecule has 0 aliphatic carbocycles. The first-order chi connectivity index (χ1) is 13.2. The predicted molar refractivity (Wildman–Crippen MR) is 109 cm³/mol. The maximum atomic E-state index is 10.1. The Balaban J connectivity index is 2.23. The van der Waals surface area contributed by atoms with E-state index in [1.54, 1.807) is 0 Å². The van der Waals surface area contributed by atoms with Crippen molar-refractivity contribution < 1.29 is 15.1 Å². The first kappa shape index (κ1) is 21.3. The van der Waals surface area contributed by atoms with Gasteiger partial charge in [0.2, 0.25) is 0 Å². The van der Waals surface area contributed by atoms with Gasteiger partial charge in [0.05, 0.1) is 6.61 Å². The number of rotatable bonds is 12. The monoisotopic (exact) mass is 369 g/mol. The van der Waals surface area contributed by atoms with Gasteiger partial charge in [-0.2, -0.15) is 5.06 Å². The molecule has 2 rings (SSSR count). The zero-order valence-electron chi connectivity index (χ0n) is 16.1. The van der Waals surface area contributed by atoms with E-state index in [-0.39, 0.29) is 13.2 Å². The molecule has 0 aliphatic rings. The molecule has 0 saturated heterocycles. The topological polar surface area (TPSA) is 52.9 Å². The van der Waals surface area contributed by atoms with Crippen LogP contribution >= 0.6 is 0 Å². The van der Waals surface area contributed by atoms with Crippen molar-refractivity contribution in [1.82, 2.24) is 5.06 Å². The molecule has 0 heterocycles. The number of aliphatic hydroxyl groups is 2. The fourth-order valence-corrected chi connectivity index (χ4v) is 3.07. The Morgan fingerprint density at radius 1 is 0.926 bits per heavy atom. The second kappa shape index (κ2) is 11.7. The lowest BCUT2D eigenvalue weighted by atomic mass is 9.98. The number of benzene rings is 2. The van der Waals surface area contributed by atoms with Crippen LogP contribution in [0.25, 0.3) is 0 Å². The summed E-state index contributed by atoms with van der Waals surface area (Å²) < 4.78 is 0. The molecular formula is C23H31NO3. The van der Waals surface area contributed by atoms with Crippen LogP contribution in [0, 0.1) is 0 Å². The van der Waals surface area contributed by atoms with Gasteiger partial charge in [-0.1, -0.05) is 86.2 Å². The van der Waals surface area contributed by atoms with Crippen LogP contribution in [-0.4, -0.2) is 34.1 Å². The van der Waals surface area contributed by atoms with Gasteiger partial charge < -0.3 is 10.2 Å². The SMILES string of the molecule is CCC[C@](/C=C/CCO)(CO)ON(Cc1ccccc1)Cc1ccccc1. The third-order valence-corrected chi connectivity index (χ3v) is 4.37. The molecular weight excluding hydrogens is 338 g/mol. The number of aliphatic hydroxyl groups excluding tert-OH is 2. The fourth-order valence-electron chi connectivity index (χ4n) is 3.07. The van der Waals surface area contributed by atoms with Crippen molar-refractivity contribution in [2.45, 2.75) is 44.9 Å². The summed E-state index contributed by atoms with van der Waals surface area (Å²) in [4.78, 5) is 6.40. The lowest BCUT2D eigenvalue weighted by molar-refractivity contribution is -0.253. The minimum absolute atomic E-state index is 0.0852. The summed E-state index contributed by atoms with van der Waals surface area (Å²) >= 11 is 0. The minimum atomic E-state index is -0.784. The Morgan fingerprint density at radius 3 is 1.93 bits per heavy atom. The lowest BCUT2D eigenvalue weighted by Gasteiger charge is -2.35. The van der Waals surface area contributed by atoms with Crippen LogP contribution in [0.15, 0.2) is 72.8 Å². The molecule has 0 aliphatic heterocycles. The van der Waals surface area contributed by atoms with Crippen molar-refractivity contribution in [3.63, 3.8) is 0 Å². The van der Waals surface area contributed by atoms with E-state index in [9.17, 15) is 5.11 Å². The Labute approximate surface area is 162 Å². The summed E-state index contributed by atoms with van der Waals surface area (Å²) in [6, 6.07) is 20.4. The van der Waals surface area contributed by atoms with E-state index in [0.717, 1.165) is 17.5 Å². The molecule has 4 nitrogen and oxygen atoms in total. The smallest absolute Gasteiger partial charge is 0.131 e. The van der Waals surface area contributed by atoms with E-state index in [1.165, 1.54) is 0 Å². The van der Waals surface area contributed by atoms with Gasteiger partial charge in [0.1, 0.15) is 5.60 Å². The van der Waals surface area contributed by atoms with Crippen LogP contribution in [0.3, 0.4) is 0 Å². The molecule has 0 spiro atoms. The number of hydrogen-bond acceptors (Lipinski definition) is 4. The maximum absolute atomic E-state index is 10.1. The Hall–Kier alpha value is -1.98. The number of nitrogens with zero attached hydrogens (tertiary/aromatic N) is 1. The third kappa shape index (κ3) is 7.27. The van der Waals surface area contributed by atoms with Crippen LogP contribution in [-0.2, 0) is 17.9 Å². The zero-order valence-corrected chi connectivity index (χ0v) is 16.1. The van der Waals surface area contributed by atoms with E-state index in [0.29, 0.717) is 25.9 Å². The van der Waals surface area contributed by atoms with Crippen molar-refractivity contribution in [2.75, 3.05) is 13.2 Å². The minimum Gasteiger partial charge on any atom is -0.396 e. The summed E-state index contributed by atoms with van der Waals surface area (Å²) in [5, 5.41) is 21.1. The van der Waals surface area contributed by atoms with Crippen LogP contribution in [0.5, 0.6) is 0 Å². The standard InChI is InChI=1S/C23H31NO3/c1-2-15-23(20-26,16-9-10-17-25)27-24(18-21-11-5-3-6-12-21)19-22-13-7-4-8-14-22/h3-9,11-14,16,25-26H,2,10,15,17-20H2,1H3/b16-9+/t23-/m0/s1. The molecule has 1 atom stereocenters. The average Bonchev–Trinajstić information content (AvgIpc) is 2.70. The summed E-state index contributed by atoms with van der Waals surface area (Å²) in [7, 11) is 0. The number of hydroxylamine groups is 2. The summed E-state index contributed by atoms with van der Waals surface area (Å²) in [5.41, 5.74) is 1.51. The van der Waals surface area contributed by atoms with E-state index < -0.39 is 5.60 Å². The Bertz CT molecular complexity index is 618. The third-order valence-electron chi connectivity index (χ3n) is 4.37. The molecule has 0 fully saturated rings. The van der Waals surface area contributed by atoms with E-state index in [4.69, 9.17) is 9.94 Å². The van der Waals surface area contributed by atoms with Gasteiger partial charge in [0, 0.05) is 19.7 Å². The fraction of sp³-hybridized carbons (Fsp3) is 0.391. The van der Waals surface area contributed by atoms with Crippen molar-refractivity contribution in [2.24, 2.45) is 0 Å². The molecule has 0 aromatic heterocycles. The molecule has 0 bridgehead atoms. The lowest BCUT2D eigenvalue weighted by Crippen LogP contribution is -2.41. The van der Waals surface area contributed by atoms with E-state index >= 15 is 0 Å². The van der Waals surface area contributed by atoms with Gasteiger partial charge in [-0.3, -0.25) is 4.84 Å². The summed E-state index contributed by atoms with van der Waals surface area (Å²) in [5.74, 6) is 0. The predicted octanol–water partition coefficient (Wildman–Crippen LogP) is 4.09. The summed E-state index contributed by atoms with van der Waals surface area (Å²) in [6.45, 7) is 3.29. The van der Waals surface area contributed by atoms with Crippen LogP contribution < -0.4 is 0 Å². The first-order valence-corrected chi connectivity index (χ1v) is 9.62. The molecule has 2 aromatic rings. The summed E-state index contributed by atoms with van der Waals surface area (Å²) in [6.07, 6.45) is 5.91. The normalized spacial score (nSPS) is 13.9. The highest BCUT2D eigenvalue weighted by molar-refractivity contribution is 5.16. The van der Waals surface area contributed by atoms with Crippen molar-refractivity contribution in [3.8, 4) is 0 Å². The zero-order chi connectivity index (χ0) is 19.4. The van der Waals surface area contributed by atoms with E-state index in [1.807, 2.05) is 53.6 Å². The molecule has 27 heavy (non-hydrogen) atoms. The Morgan fingerprint density at radius 2 is 1.48 bits per heavy atom. The van der Waals surface area contributed by atoms with Gasteiger partial charge in [0.25, 0.3) is 0 Å². The number of hydrogen-bond donors (Lipinski definition) is 2. The van der Waals surface area contributed by atoms with Gasteiger partial charge >= 0.3 is 0 Å².